The number of nitrogens with one attached hydrogen (secondary N) is 3. The SMILES string of the molecule is O=C(CCC1C(=O)NNC1=O)Nc1ccccc1N1CCOCC1. The maximum Gasteiger partial charge on any atom is 0.251 e. The number of carbonyl (C=O) groups excluding carboxylic acids is 3. The Morgan fingerprint density at radius 1 is 1.17 bits per heavy atom. The second-order valence-electron chi connectivity index (χ2n) is 5.73. The Bertz CT molecular complexity index is 627. The van der Waals surface area contributed by atoms with E-state index in [2.05, 4.69) is 21.1 Å². The summed E-state index contributed by atoms with van der Waals surface area (Å²) in [5.74, 6) is -1.79. The molecule has 1 aromatic rings. The van der Waals surface area contributed by atoms with Crippen LogP contribution in [-0.2, 0) is 19.1 Å². The number of anilines is 2. The van der Waals surface area contributed by atoms with Gasteiger partial charge in [-0.05, 0) is 18.6 Å². The van der Waals surface area contributed by atoms with Crippen molar-refractivity contribution in [3.05, 3.63) is 24.3 Å². The van der Waals surface area contributed by atoms with Gasteiger partial charge >= 0.3 is 0 Å². The van der Waals surface area contributed by atoms with Crippen molar-refractivity contribution in [1.29, 1.82) is 0 Å². The molecule has 1 aromatic carbocycles. The zero-order valence-electron chi connectivity index (χ0n) is 13.2. The van der Waals surface area contributed by atoms with E-state index in [-0.39, 0.29) is 30.6 Å². The lowest BCUT2D eigenvalue weighted by atomic mass is 10.0. The number of hydrogen-bond donors (Lipinski definition) is 3. The van der Waals surface area contributed by atoms with Crippen LogP contribution in [0.25, 0.3) is 0 Å². The molecule has 0 saturated carbocycles. The number of rotatable bonds is 5. The van der Waals surface area contributed by atoms with Crippen molar-refractivity contribution in [2.24, 2.45) is 5.92 Å². The first-order chi connectivity index (χ1) is 11.6. The third kappa shape index (κ3) is 3.65. The molecule has 0 aliphatic carbocycles. The fourth-order valence-corrected chi connectivity index (χ4v) is 2.83. The van der Waals surface area contributed by atoms with Crippen LogP contribution in [0.3, 0.4) is 0 Å². The maximum atomic E-state index is 12.2. The van der Waals surface area contributed by atoms with Crippen LogP contribution < -0.4 is 21.1 Å². The lowest BCUT2D eigenvalue weighted by molar-refractivity contribution is -0.128. The molecule has 0 atom stereocenters. The van der Waals surface area contributed by atoms with Gasteiger partial charge in [0.05, 0.1) is 24.6 Å². The van der Waals surface area contributed by atoms with E-state index in [1.165, 1.54) is 0 Å². The molecule has 3 amide bonds. The molecule has 0 unspecified atom stereocenters. The Morgan fingerprint density at radius 2 is 1.83 bits per heavy atom. The monoisotopic (exact) mass is 332 g/mol. The highest BCUT2D eigenvalue weighted by Crippen LogP contribution is 2.26. The molecule has 8 heteroatoms. The van der Waals surface area contributed by atoms with Gasteiger partial charge in [-0.15, -0.1) is 0 Å². The second kappa shape index (κ2) is 7.31. The highest BCUT2D eigenvalue weighted by molar-refractivity contribution is 6.05. The highest BCUT2D eigenvalue weighted by atomic mass is 16.5. The van der Waals surface area contributed by atoms with Crippen LogP contribution in [0.15, 0.2) is 24.3 Å². The largest absolute Gasteiger partial charge is 0.378 e. The van der Waals surface area contributed by atoms with Gasteiger partial charge in [0.15, 0.2) is 0 Å². The number of hydrazine groups is 1. The molecule has 8 nitrogen and oxygen atoms in total. The van der Waals surface area contributed by atoms with E-state index in [1.807, 2.05) is 24.3 Å². The predicted molar refractivity (Wildman–Crippen MR) is 87.1 cm³/mol. The first kappa shape index (κ1) is 16.3. The third-order valence-electron chi connectivity index (χ3n) is 4.13. The van der Waals surface area contributed by atoms with Crippen molar-refractivity contribution in [2.75, 3.05) is 36.5 Å². The number of morpholine rings is 1. The van der Waals surface area contributed by atoms with Gasteiger partial charge < -0.3 is 15.0 Å². The quantitative estimate of drug-likeness (QED) is 0.660. The molecule has 3 rings (SSSR count). The van der Waals surface area contributed by atoms with Crippen molar-refractivity contribution >= 4 is 29.1 Å². The van der Waals surface area contributed by atoms with E-state index >= 15 is 0 Å². The van der Waals surface area contributed by atoms with Crippen LogP contribution in [0.4, 0.5) is 11.4 Å². The van der Waals surface area contributed by atoms with Crippen molar-refractivity contribution < 1.29 is 19.1 Å². The van der Waals surface area contributed by atoms with E-state index in [0.29, 0.717) is 13.2 Å². The lowest BCUT2D eigenvalue weighted by Gasteiger charge is -2.30. The fourth-order valence-electron chi connectivity index (χ4n) is 2.83. The van der Waals surface area contributed by atoms with Gasteiger partial charge in [-0.2, -0.15) is 0 Å². The average Bonchev–Trinajstić information content (AvgIpc) is 2.92. The molecule has 0 radical (unpaired) electrons. The zero-order valence-corrected chi connectivity index (χ0v) is 13.2. The number of hydrogen-bond acceptors (Lipinski definition) is 5. The number of nitrogens with zero attached hydrogens (tertiary/aromatic N) is 1. The summed E-state index contributed by atoms with van der Waals surface area (Å²) in [6.07, 6.45) is 0.284. The molecule has 2 aliphatic rings. The number of carbonyl (C=O) groups is 3. The van der Waals surface area contributed by atoms with E-state index in [9.17, 15) is 14.4 Å². The van der Waals surface area contributed by atoms with Crippen LogP contribution in [0.5, 0.6) is 0 Å². The minimum Gasteiger partial charge on any atom is -0.378 e. The van der Waals surface area contributed by atoms with Gasteiger partial charge in [0.2, 0.25) is 5.91 Å². The van der Waals surface area contributed by atoms with Crippen LogP contribution >= 0.6 is 0 Å². The summed E-state index contributed by atoms with van der Waals surface area (Å²) in [6, 6.07) is 7.58. The summed E-state index contributed by atoms with van der Waals surface area (Å²) in [4.78, 5) is 37.3. The van der Waals surface area contributed by atoms with Gasteiger partial charge in [0, 0.05) is 19.5 Å². The minimum atomic E-state index is -0.801. The molecule has 2 saturated heterocycles. The van der Waals surface area contributed by atoms with Gasteiger partial charge in [-0.3, -0.25) is 25.2 Å². The number of para-hydroxylation sites is 2. The molecule has 24 heavy (non-hydrogen) atoms. The smallest absolute Gasteiger partial charge is 0.251 e. The van der Waals surface area contributed by atoms with Gasteiger partial charge in [-0.1, -0.05) is 12.1 Å². The maximum absolute atomic E-state index is 12.2. The Kier molecular flexibility index (Phi) is 4.95. The van der Waals surface area contributed by atoms with Gasteiger partial charge in [-0.25, -0.2) is 0 Å². The minimum absolute atomic E-state index is 0.100. The number of amides is 3. The number of ether oxygens (including phenoxy) is 1. The third-order valence-corrected chi connectivity index (χ3v) is 4.13. The van der Waals surface area contributed by atoms with E-state index in [1.54, 1.807) is 0 Å². The Hall–Kier alpha value is -2.61. The van der Waals surface area contributed by atoms with E-state index < -0.39 is 5.92 Å². The van der Waals surface area contributed by atoms with E-state index in [4.69, 9.17) is 4.74 Å². The average molecular weight is 332 g/mol. The zero-order chi connectivity index (χ0) is 16.9. The van der Waals surface area contributed by atoms with Crippen molar-refractivity contribution in [3.8, 4) is 0 Å². The Labute approximate surface area is 139 Å². The topological polar surface area (TPSA) is 99.8 Å². The lowest BCUT2D eigenvalue weighted by Crippen LogP contribution is -2.36. The van der Waals surface area contributed by atoms with Crippen LogP contribution in [0, 0.1) is 5.92 Å². The summed E-state index contributed by atoms with van der Waals surface area (Å²) in [5, 5.41) is 2.88. The molecule has 0 aromatic heterocycles. The molecule has 2 aliphatic heterocycles. The summed E-state index contributed by atoms with van der Waals surface area (Å²) >= 11 is 0. The van der Waals surface area contributed by atoms with Crippen molar-refractivity contribution in [1.82, 2.24) is 10.9 Å². The summed E-state index contributed by atoms with van der Waals surface area (Å²) in [5.41, 5.74) is 6.19. The number of benzene rings is 1. The predicted octanol–water partition coefficient (Wildman–Crippen LogP) is 0.0191. The van der Waals surface area contributed by atoms with Crippen LogP contribution in [-0.4, -0.2) is 44.0 Å². The summed E-state index contributed by atoms with van der Waals surface area (Å²) in [6.45, 7) is 2.87. The summed E-state index contributed by atoms with van der Waals surface area (Å²) in [7, 11) is 0. The standard InChI is InChI=1S/C16H20N4O4/c21-14(6-5-11-15(22)18-19-16(11)23)17-12-3-1-2-4-13(12)20-7-9-24-10-8-20/h1-4,11H,5-10H2,(H,17,21)(H,18,22)(H,19,23). The molecule has 0 bridgehead atoms. The second-order valence-corrected chi connectivity index (χ2v) is 5.73. The van der Waals surface area contributed by atoms with Crippen molar-refractivity contribution in [3.63, 3.8) is 0 Å². The fraction of sp³-hybridized carbons (Fsp3) is 0.438. The van der Waals surface area contributed by atoms with E-state index in [0.717, 1.165) is 24.5 Å². The first-order valence-corrected chi connectivity index (χ1v) is 7.96. The summed E-state index contributed by atoms with van der Waals surface area (Å²) < 4.78 is 5.35. The molecular weight excluding hydrogens is 312 g/mol. The first-order valence-electron chi connectivity index (χ1n) is 7.96. The van der Waals surface area contributed by atoms with Crippen LogP contribution in [0.1, 0.15) is 12.8 Å². The molecule has 0 spiro atoms. The van der Waals surface area contributed by atoms with Crippen molar-refractivity contribution in [2.45, 2.75) is 12.8 Å². The molecule has 2 fully saturated rings. The molecule has 128 valence electrons. The Morgan fingerprint density at radius 3 is 2.54 bits per heavy atom. The highest BCUT2D eigenvalue weighted by Gasteiger charge is 2.32. The van der Waals surface area contributed by atoms with Gasteiger partial charge in [0.1, 0.15) is 5.92 Å². The molecule has 2 heterocycles. The van der Waals surface area contributed by atoms with Crippen LogP contribution in [0.2, 0.25) is 0 Å². The normalized spacial score (nSPS) is 18.2. The Balaban J connectivity index is 1.60. The van der Waals surface area contributed by atoms with Gasteiger partial charge in [0.25, 0.3) is 11.8 Å². The molecular formula is C16H20N4O4. The molecule has 3 N–H and O–H groups in total.